The molecule has 1 saturated heterocycles. The first kappa shape index (κ1) is 24.7. The Morgan fingerprint density at radius 2 is 1.97 bits per heavy atom. The van der Waals surface area contributed by atoms with Crippen LogP contribution in [0.25, 0.3) is 22.3 Å². The van der Waals surface area contributed by atoms with Crippen LogP contribution in [0.15, 0.2) is 59.8 Å². The molecule has 12 heteroatoms. The van der Waals surface area contributed by atoms with Gasteiger partial charge in [-0.05, 0) is 43.0 Å². The lowest BCUT2D eigenvalue weighted by atomic mass is 10.1. The zero-order valence-electron chi connectivity index (χ0n) is 20.2. The number of carboxylic acid groups (broad SMARTS) is 1. The van der Waals surface area contributed by atoms with Crippen LogP contribution < -0.4 is 10.5 Å². The number of sulfonamides is 1. The molecular formula is C25H27N7O4S. The van der Waals surface area contributed by atoms with Crippen molar-refractivity contribution in [3.63, 3.8) is 0 Å². The first-order valence-electron chi connectivity index (χ1n) is 11.8. The fourth-order valence-electron chi connectivity index (χ4n) is 4.60. The van der Waals surface area contributed by atoms with Crippen molar-refractivity contribution >= 4 is 33.0 Å². The van der Waals surface area contributed by atoms with Gasteiger partial charge >= 0.3 is 6.09 Å². The number of hydrogen-bond donors (Lipinski definition) is 3. The van der Waals surface area contributed by atoms with E-state index in [0.29, 0.717) is 29.8 Å². The maximum Gasteiger partial charge on any atom is 0.407 e. The molecule has 1 aliphatic heterocycles. The Kier molecular flexibility index (Phi) is 6.52. The van der Waals surface area contributed by atoms with E-state index in [4.69, 9.17) is 10.8 Å². The normalized spacial score (nSPS) is 16.2. The lowest BCUT2D eigenvalue weighted by molar-refractivity contribution is 0.120. The number of nitrogens with one attached hydrogen (secondary N) is 1. The number of piperidine rings is 1. The third-order valence-corrected chi connectivity index (χ3v) is 7.92. The first-order valence-corrected chi connectivity index (χ1v) is 13.3. The van der Waals surface area contributed by atoms with Crippen molar-refractivity contribution in [3.8, 4) is 11.3 Å². The van der Waals surface area contributed by atoms with Gasteiger partial charge in [0, 0.05) is 25.2 Å². The van der Waals surface area contributed by atoms with Crippen molar-refractivity contribution in [1.29, 1.82) is 0 Å². The summed E-state index contributed by atoms with van der Waals surface area (Å²) in [6.45, 7) is 2.78. The SMILES string of the molecule is Cc1cccc(S(=O)(=O)NCc2ccc(-c3nn([C@@H]4CCCN(C(=O)O)C4)c4ncnc(N)c34)cc2)c1. The van der Waals surface area contributed by atoms with E-state index in [-0.39, 0.29) is 23.3 Å². The van der Waals surface area contributed by atoms with Crippen molar-refractivity contribution < 1.29 is 18.3 Å². The van der Waals surface area contributed by atoms with Crippen molar-refractivity contribution in [2.75, 3.05) is 18.8 Å². The quantitative estimate of drug-likeness (QED) is 0.349. The van der Waals surface area contributed by atoms with Crippen LogP contribution in [0.1, 0.15) is 30.0 Å². The van der Waals surface area contributed by atoms with E-state index in [9.17, 15) is 18.3 Å². The molecule has 0 radical (unpaired) electrons. The summed E-state index contributed by atoms with van der Waals surface area (Å²) in [6, 6.07) is 13.9. The van der Waals surface area contributed by atoms with Crippen LogP contribution in [0, 0.1) is 6.92 Å². The summed E-state index contributed by atoms with van der Waals surface area (Å²) in [5, 5.41) is 14.9. The maximum atomic E-state index is 12.7. The highest BCUT2D eigenvalue weighted by molar-refractivity contribution is 7.89. The van der Waals surface area contributed by atoms with Gasteiger partial charge in [-0.2, -0.15) is 5.10 Å². The van der Waals surface area contributed by atoms with Crippen LogP contribution in [0.4, 0.5) is 10.6 Å². The van der Waals surface area contributed by atoms with Gasteiger partial charge in [-0.15, -0.1) is 0 Å². The van der Waals surface area contributed by atoms with Gasteiger partial charge in [-0.1, -0.05) is 36.4 Å². The second-order valence-electron chi connectivity index (χ2n) is 9.11. The molecule has 11 nitrogen and oxygen atoms in total. The molecule has 1 fully saturated rings. The van der Waals surface area contributed by atoms with E-state index in [0.717, 1.165) is 29.5 Å². The van der Waals surface area contributed by atoms with Crippen molar-refractivity contribution in [2.45, 2.75) is 37.2 Å². The van der Waals surface area contributed by atoms with E-state index in [1.807, 2.05) is 37.3 Å². The Morgan fingerprint density at radius 3 is 2.70 bits per heavy atom. The molecule has 0 saturated carbocycles. The lowest BCUT2D eigenvalue weighted by Crippen LogP contribution is -2.40. The highest BCUT2D eigenvalue weighted by atomic mass is 32.2. The summed E-state index contributed by atoms with van der Waals surface area (Å²) in [7, 11) is -3.64. The minimum absolute atomic E-state index is 0.129. The molecule has 1 aliphatic rings. The highest BCUT2D eigenvalue weighted by Crippen LogP contribution is 2.33. The zero-order valence-corrected chi connectivity index (χ0v) is 21.0. The van der Waals surface area contributed by atoms with Gasteiger partial charge in [0.25, 0.3) is 0 Å². The van der Waals surface area contributed by atoms with E-state index < -0.39 is 16.1 Å². The second-order valence-corrected chi connectivity index (χ2v) is 10.9. The molecule has 5 rings (SSSR count). The summed E-state index contributed by atoms with van der Waals surface area (Å²) in [5.74, 6) is 0.284. The molecule has 4 N–H and O–H groups in total. The fraction of sp³-hybridized carbons (Fsp3) is 0.280. The van der Waals surface area contributed by atoms with Crippen molar-refractivity contribution in [3.05, 3.63) is 66.0 Å². The molecule has 0 aliphatic carbocycles. The Bertz CT molecular complexity index is 1570. The predicted molar refractivity (Wildman–Crippen MR) is 138 cm³/mol. The monoisotopic (exact) mass is 521 g/mol. The highest BCUT2D eigenvalue weighted by Gasteiger charge is 2.28. The number of nitrogens with two attached hydrogens (primary N) is 1. The van der Waals surface area contributed by atoms with E-state index in [1.165, 1.54) is 11.2 Å². The van der Waals surface area contributed by atoms with Crippen molar-refractivity contribution in [1.82, 2.24) is 29.4 Å². The summed E-state index contributed by atoms with van der Waals surface area (Å²) in [4.78, 5) is 21.7. The van der Waals surface area contributed by atoms with E-state index in [1.54, 1.807) is 22.9 Å². The standard InChI is InChI=1S/C25H27N7O4S/c1-16-4-2-6-20(12-16)37(35,36)29-13-17-7-9-18(10-8-17)22-21-23(26)27-15-28-24(21)32(30-22)19-5-3-11-31(14-19)25(33)34/h2,4,6-10,12,15,19,29H,3,5,11,13-14H2,1H3,(H,33,34)(H2,26,27,28)/t19-/m1/s1. The zero-order chi connectivity index (χ0) is 26.2. The van der Waals surface area contributed by atoms with Gasteiger partial charge in [0.1, 0.15) is 17.8 Å². The van der Waals surface area contributed by atoms with Gasteiger partial charge in [0.05, 0.1) is 16.3 Å². The second kappa shape index (κ2) is 9.79. The summed E-state index contributed by atoms with van der Waals surface area (Å²) < 4.78 is 29.7. The number of likely N-dealkylation sites (tertiary alicyclic amines) is 1. The third-order valence-electron chi connectivity index (χ3n) is 6.52. The van der Waals surface area contributed by atoms with Gasteiger partial charge < -0.3 is 15.7 Å². The number of aromatic nitrogens is 4. The number of amides is 1. The van der Waals surface area contributed by atoms with Crippen LogP contribution >= 0.6 is 0 Å². The van der Waals surface area contributed by atoms with E-state index in [2.05, 4.69) is 14.7 Å². The largest absolute Gasteiger partial charge is 0.465 e. The third kappa shape index (κ3) is 4.98. The molecule has 2 aromatic carbocycles. The minimum Gasteiger partial charge on any atom is -0.465 e. The minimum atomic E-state index is -3.64. The molecule has 4 aromatic rings. The molecule has 1 amide bonds. The topological polar surface area (TPSA) is 156 Å². The lowest BCUT2D eigenvalue weighted by Gasteiger charge is -2.30. The van der Waals surface area contributed by atoms with Gasteiger partial charge in [-0.3, -0.25) is 0 Å². The number of aryl methyl sites for hydroxylation is 1. The molecule has 0 bridgehead atoms. The number of anilines is 1. The summed E-state index contributed by atoms with van der Waals surface area (Å²) in [6.07, 6.45) is 1.91. The molecule has 2 aromatic heterocycles. The molecule has 1 atom stereocenters. The fourth-order valence-corrected chi connectivity index (χ4v) is 5.73. The average molecular weight is 522 g/mol. The summed E-state index contributed by atoms with van der Waals surface area (Å²) in [5.41, 5.74) is 9.77. The van der Waals surface area contributed by atoms with E-state index >= 15 is 0 Å². The Morgan fingerprint density at radius 1 is 1.19 bits per heavy atom. The number of carbonyl (C=O) groups is 1. The van der Waals surface area contributed by atoms with Crippen LogP contribution in [0.5, 0.6) is 0 Å². The number of benzene rings is 2. The number of fused-ring (bicyclic) bond motifs is 1. The van der Waals surface area contributed by atoms with Gasteiger partial charge in [0.15, 0.2) is 5.65 Å². The molecule has 0 unspecified atom stereocenters. The number of hydrogen-bond acceptors (Lipinski definition) is 7. The van der Waals surface area contributed by atoms with Crippen LogP contribution in [-0.2, 0) is 16.6 Å². The maximum absolute atomic E-state index is 12.7. The molecular weight excluding hydrogens is 494 g/mol. The van der Waals surface area contributed by atoms with Crippen molar-refractivity contribution in [2.24, 2.45) is 0 Å². The number of nitrogen functional groups attached to an aromatic ring is 1. The average Bonchev–Trinajstić information content (AvgIpc) is 3.29. The van der Waals surface area contributed by atoms with Gasteiger partial charge in [0.2, 0.25) is 10.0 Å². The smallest absolute Gasteiger partial charge is 0.407 e. The molecule has 0 spiro atoms. The summed E-state index contributed by atoms with van der Waals surface area (Å²) >= 11 is 0. The Labute approximate surface area is 214 Å². The molecule has 192 valence electrons. The van der Waals surface area contributed by atoms with Gasteiger partial charge in [-0.25, -0.2) is 32.6 Å². The Balaban J connectivity index is 1.41. The van der Waals surface area contributed by atoms with Crippen LogP contribution in [0.2, 0.25) is 0 Å². The number of rotatable bonds is 6. The molecule has 3 heterocycles. The predicted octanol–water partition coefficient (Wildman–Crippen LogP) is 3.18. The first-order chi connectivity index (χ1) is 17.7. The Hall–Kier alpha value is -4.03. The molecule has 37 heavy (non-hydrogen) atoms. The van der Waals surface area contributed by atoms with Crippen LogP contribution in [-0.4, -0.2) is 57.4 Å². The number of nitrogens with zero attached hydrogens (tertiary/aromatic N) is 5. The van der Waals surface area contributed by atoms with Crippen LogP contribution in [0.3, 0.4) is 0 Å².